The Morgan fingerprint density at radius 2 is 1.94 bits per heavy atom. The molecule has 10 nitrogen and oxygen atoms in total. The molecule has 0 saturated carbocycles. The van der Waals surface area contributed by atoms with E-state index in [0.29, 0.717) is 21.5 Å². The number of tetrazole rings is 1. The van der Waals surface area contributed by atoms with E-state index in [4.69, 9.17) is 16.7 Å². The summed E-state index contributed by atoms with van der Waals surface area (Å²) in [6.45, 7) is 0.112. The van der Waals surface area contributed by atoms with E-state index in [1.165, 1.54) is 17.1 Å². The number of H-pyrrole nitrogens is 1. The van der Waals surface area contributed by atoms with E-state index in [9.17, 15) is 14.4 Å². The molecule has 0 aliphatic rings. The number of hydrogen-bond acceptors (Lipinski definition) is 6. The van der Waals surface area contributed by atoms with Crippen LogP contribution in [-0.2, 0) is 17.8 Å². The molecule has 2 aromatic carbocycles. The van der Waals surface area contributed by atoms with Crippen LogP contribution in [0, 0.1) is 0 Å². The predicted molar refractivity (Wildman–Crippen MR) is 111 cm³/mol. The fourth-order valence-corrected chi connectivity index (χ4v) is 3.39. The number of nitrogens with zero attached hydrogens (tertiary/aromatic N) is 4. The predicted octanol–water partition coefficient (Wildman–Crippen LogP) is 1.71. The van der Waals surface area contributed by atoms with Crippen LogP contribution < -0.4 is 10.9 Å². The Labute approximate surface area is 179 Å². The van der Waals surface area contributed by atoms with Gasteiger partial charge in [-0.2, -0.15) is 0 Å². The summed E-state index contributed by atoms with van der Waals surface area (Å²) in [5, 5.41) is 23.7. The molecule has 4 rings (SSSR count). The number of pyridine rings is 1. The van der Waals surface area contributed by atoms with Crippen LogP contribution in [-0.4, -0.2) is 42.2 Å². The van der Waals surface area contributed by atoms with Gasteiger partial charge in [0.15, 0.2) is 0 Å². The first-order valence-electron chi connectivity index (χ1n) is 9.08. The van der Waals surface area contributed by atoms with Crippen LogP contribution in [0.4, 0.5) is 0 Å². The minimum absolute atomic E-state index is 0.112. The second-order valence-electron chi connectivity index (χ2n) is 6.72. The van der Waals surface area contributed by atoms with Crippen LogP contribution in [0.15, 0.2) is 53.6 Å². The van der Waals surface area contributed by atoms with E-state index >= 15 is 0 Å². The minimum atomic E-state index is -1.33. The maximum atomic E-state index is 12.4. The molecule has 0 unspecified atom stereocenters. The summed E-state index contributed by atoms with van der Waals surface area (Å²) in [5.74, 6) is -1.56. The number of hydrogen-bond donors (Lipinski definition) is 3. The topological polar surface area (TPSA) is 143 Å². The second-order valence-corrected chi connectivity index (χ2v) is 7.16. The maximum absolute atomic E-state index is 12.4. The number of aromatic amines is 1. The van der Waals surface area contributed by atoms with Gasteiger partial charge in [0.1, 0.15) is 11.9 Å². The SMILES string of the molecule is O=C(Cc1ccc(-n2cnnn2)cc1)NCc1cc(Cl)cc2cc(C(=O)O)c(=O)[nH]c12. The third kappa shape index (κ3) is 4.43. The van der Waals surface area contributed by atoms with Crippen molar-refractivity contribution in [2.75, 3.05) is 0 Å². The van der Waals surface area contributed by atoms with Gasteiger partial charge in [0.2, 0.25) is 5.91 Å². The zero-order valence-electron chi connectivity index (χ0n) is 15.9. The standard InChI is InChI=1S/C20H15ClN6O4/c21-14-6-12-8-16(20(30)31)19(29)24-18(12)13(7-14)9-22-17(28)5-11-1-3-15(4-2-11)27-10-23-25-26-27/h1-4,6-8,10H,5,9H2,(H,22,28)(H,24,29)(H,30,31). The van der Waals surface area contributed by atoms with E-state index in [2.05, 4.69) is 25.8 Å². The van der Waals surface area contributed by atoms with E-state index in [1.54, 1.807) is 36.4 Å². The fraction of sp³-hybridized carbons (Fsp3) is 0.100. The molecule has 156 valence electrons. The Morgan fingerprint density at radius 3 is 2.61 bits per heavy atom. The summed E-state index contributed by atoms with van der Waals surface area (Å²) in [4.78, 5) is 38.2. The van der Waals surface area contributed by atoms with Crippen molar-refractivity contribution < 1.29 is 14.7 Å². The number of fused-ring (bicyclic) bond motifs is 1. The molecule has 31 heavy (non-hydrogen) atoms. The Morgan fingerprint density at radius 1 is 1.16 bits per heavy atom. The Balaban J connectivity index is 1.48. The Hall–Kier alpha value is -4.05. The van der Waals surface area contributed by atoms with Crippen molar-refractivity contribution in [1.82, 2.24) is 30.5 Å². The molecule has 0 radical (unpaired) electrons. The van der Waals surface area contributed by atoms with Crippen molar-refractivity contribution in [2.45, 2.75) is 13.0 Å². The number of rotatable bonds is 6. The molecule has 0 fully saturated rings. The molecule has 2 heterocycles. The van der Waals surface area contributed by atoms with Crippen molar-refractivity contribution in [3.63, 3.8) is 0 Å². The molecule has 0 bridgehead atoms. The van der Waals surface area contributed by atoms with Crippen LogP contribution in [0.5, 0.6) is 0 Å². The summed E-state index contributed by atoms with van der Waals surface area (Å²) in [6, 6.07) is 11.6. The molecule has 0 spiro atoms. The smallest absolute Gasteiger partial charge is 0.341 e. The van der Waals surface area contributed by atoms with Crippen LogP contribution in [0.2, 0.25) is 5.02 Å². The molecule has 1 amide bonds. The molecule has 0 aliphatic carbocycles. The lowest BCUT2D eigenvalue weighted by molar-refractivity contribution is -0.120. The van der Waals surface area contributed by atoms with Gasteiger partial charge >= 0.3 is 5.97 Å². The highest BCUT2D eigenvalue weighted by Gasteiger charge is 2.13. The molecule has 3 N–H and O–H groups in total. The van der Waals surface area contributed by atoms with Gasteiger partial charge in [0.25, 0.3) is 5.56 Å². The zero-order valence-corrected chi connectivity index (χ0v) is 16.6. The average molecular weight is 439 g/mol. The number of carboxylic acid groups (broad SMARTS) is 1. The Kier molecular flexibility index (Phi) is 5.46. The second kappa shape index (κ2) is 8.36. The summed E-state index contributed by atoms with van der Waals surface area (Å²) < 4.78 is 1.50. The number of carbonyl (C=O) groups excluding carboxylic acids is 1. The first-order valence-corrected chi connectivity index (χ1v) is 9.46. The first kappa shape index (κ1) is 20.2. The highest BCUT2D eigenvalue weighted by Crippen LogP contribution is 2.22. The lowest BCUT2D eigenvalue weighted by atomic mass is 10.1. The van der Waals surface area contributed by atoms with Crippen LogP contribution in [0.1, 0.15) is 21.5 Å². The third-order valence-electron chi connectivity index (χ3n) is 4.62. The van der Waals surface area contributed by atoms with Crippen molar-refractivity contribution in [2.24, 2.45) is 0 Å². The van der Waals surface area contributed by atoms with Gasteiger partial charge in [-0.05, 0) is 51.9 Å². The quantitative estimate of drug-likeness (QED) is 0.415. The van der Waals surface area contributed by atoms with Crippen molar-refractivity contribution in [3.05, 3.63) is 80.9 Å². The Bertz CT molecular complexity index is 1330. The van der Waals surface area contributed by atoms with E-state index < -0.39 is 11.5 Å². The van der Waals surface area contributed by atoms with Gasteiger partial charge in [-0.15, -0.1) is 5.10 Å². The fourth-order valence-electron chi connectivity index (χ4n) is 3.14. The van der Waals surface area contributed by atoms with Gasteiger partial charge in [0.05, 0.1) is 17.6 Å². The largest absolute Gasteiger partial charge is 0.477 e. The number of halogens is 1. The van der Waals surface area contributed by atoms with Gasteiger partial charge in [0, 0.05) is 17.0 Å². The molecule has 0 atom stereocenters. The number of nitrogens with one attached hydrogen (secondary N) is 2. The molecule has 4 aromatic rings. The number of aromatic carboxylic acids is 1. The zero-order chi connectivity index (χ0) is 22.0. The monoisotopic (exact) mass is 438 g/mol. The highest BCUT2D eigenvalue weighted by molar-refractivity contribution is 6.31. The summed E-state index contributed by atoms with van der Waals surface area (Å²) in [5.41, 5.74) is 1.45. The van der Waals surface area contributed by atoms with E-state index in [0.717, 1.165) is 11.3 Å². The minimum Gasteiger partial charge on any atom is -0.477 e. The number of carboxylic acids is 1. The van der Waals surface area contributed by atoms with Gasteiger partial charge in [-0.1, -0.05) is 23.7 Å². The number of amides is 1. The van der Waals surface area contributed by atoms with E-state index in [1.807, 2.05) is 0 Å². The highest BCUT2D eigenvalue weighted by atomic mass is 35.5. The van der Waals surface area contributed by atoms with Gasteiger partial charge in [-0.3, -0.25) is 9.59 Å². The molecule has 11 heteroatoms. The lowest BCUT2D eigenvalue weighted by Gasteiger charge is -2.10. The summed E-state index contributed by atoms with van der Waals surface area (Å²) >= 11 is 6.13. The number of benzene rings is 2. The molecule has 2 aromatic heterocycles. The lowest BCUT2D eigenvalue weighted by Crippen LogP contribution is -2.25. The first-order chi connectivity index (χ1) is 14.9. The van der Waals surface area contributed by atoms with Crippen LogP contribution >= 0.6 is 11.6 Å². The molecule has 0 aliphatic heterocycles. The van der Waals surface area contributed by atoms with Gasteiger partial charge < -0.3 is 15.4 Å². The molecular formula is C20H15ClN6O4. The van der Waals surface area contributed by atoms with Gasteiger partial charge in [-0.25, -0.2) is 9.48 Å². The summed E-state index contributed by atoms with van der Waals surface area (Å²) in [7, 11) is 0. The summed E-state index contributed by atoms with van der Waals surface area (Å²) in [6.07, 6.45) is 1.62. The number of aromatic nitrogens is 5. The van der Waals surface area contributed by atoms with Crippen LogP contribution in [0.25, 0.3) is 16.6 Å². The molecular weight excluding hydrogens is 424 g/mol. The van der Waals surface area contributed by atoms with Crippen molar-refractivity contribution in [3.8, 4) is 5.69 Å². The van der Waals surface area contributed by atoms with Crippen LogP contribution in [0.3, 0.4) is 0 Å². The third-order valence-corrected chi connectivity index (χ3v) is 4.84. The molecule has 0 saturated heterocycles. The van der Waals surface area contributed by atoms with E-state index in [-0.39, 0.29) is 24.4 Å². The average Bonchev–Trinajstić information content (AvgIpc) is 3.27. The maximum Gasteiger partial charge on any atom is 0.341 e. The number of carbonyl (C=O) groups is 2. The normalized spacial score (nSPS) is 10.9. The van der Waals surface area contributed by atoms with Crippen molar-refractivity contribution in [1.29, 1.82) is 0 Å². The van der Waals surface area contributed by atoms with Crippen molar-refractivity contribution >= 4 is 34.4 Å².